The lowest BCUT2D eigenvalue weighted by atomic mass is 9.98. The van der Waals surface area contributed by atoms with Crippen LogP contribution in [0.2, 0.25) is 0 Å². The van der Waals surface area contributed by atoms with Crippen LogP contribution in [-0.2, 0) is 4.79 Å². The van der Waals surface area contributed by atoms with Crippen molar-refractivity contribution < 1.29 is 13.6 Å². The summed E-state index contributed by atoms with van der Waals surface area (Å²) in [6.45, 7) is 0.0762. The van der Waals surface area contributed by atoms with Crippen LogP contribution in [-0.4, -0.2) is 12.5 Å². The van der Waals surface area contributed by atoms with Gasteiger partial charge in [-0.3, -0.25) is 4.79 Å². The molecule has 0 bridgehead atoms. The molecule has 1 amide bonds. The molecule has 2 aromatic carbocycles. The molecule has 0 aliphatic heterocycles. The number of carbonyl (C=O) groups is 1. The van der Waals surface area contributed by atoms with Gasteiger partial charge in [0.1, 0.15) is 11.6 Å². The Morgan fingerprint density at radius 3 is 2.50 bits per heavy atom. The van der Waals surface area contributed by atoms with Gasteiger partial charge in [0.05, 0.1) is 11.6 Å². The Balaban J connectivity index is 2.20. The predicted molar refractivity (Wildman–Crippen MR) is 73.2 cm³/mol. The number of hydrogen-bond donors (Lipinski definition) is 2. The number of hydrogen-bond acceptors (Lipinski definition) is 2. The molecule has 3 N–H and O–H groups in total. The highest BCUT2D eigenvalue weighted by molar-refractivity contribution is 5.96. The van der Waals surface area contributed by atoms with Crippen molar-refractivity contribution in [2.45, 2.75) is 5.92 Å². The smallest absolute Gasteiger partial charge is 0.233 e. The Labute approximate surface area is 115 Å². The van der Waals surface area contributed by atoms with Crippen molar-refractivity contribution in [3.8, 4) is 0 Å². The number of rotatable bonds is 4. The summed E-state index contributed by atoms with van der Waals surface area (Å²) in [7, 11) is 0. The fourth-order valence-electron chi connectivity index (χ4n) is 1.89. The van der Waals surface area contributed by atoms with Gasteiger partial charge in [-0.1, -0.05) is 30.3 Å². The van der Waals surface area contributed by atoms with E-state index in [-0.39, 0.29) is 12.2 Å². The molecule has 0 aromatic heterocycles. The van der Waals surface area contributed by atoms with Crippen LogP contribution in [0.3, 0.4) is 0 Å². The van der Waals surface area contributed by atoms with Crippen molar-refractivity contribution in [1.82, 2.24) is 0 Å². The molecule has 104 valence electrons. The summed E-state index contributed by atoms with van der Waals surface area (Å²) in [5, 5.41) is 2.37. The Kier molecular flexibility index (Phi) is 4.42. The van der Waals surface area contributed by atoms with E-state index in [0.717, 1.165) is 23.8 Å². The van der Waals surface area contributed by atoms with Crippen molar-refractivity contribution in [3.05, 3.63) is 65.7 Å². The summed E-state index contributed by atoms with van der Waals surface area (Å²) < 4.78 is 26.5. The highest BCUT2D eigenvalue weighted by Gasteiger charge is 2.20. The maximum Gasteiger partial charge on any atom is 0.233 e. The topological polar surface area (TPSA) is 55.1 Å². The van der Waals surface area contributed by atoms with Crippen molar-refractivity contribution in [2.75, 3.05) is 11.9 Å². The first-order valence-electron chi connectivity index (χ1n) is 6.12. The first-order chi connectivity index (χ1) is 9.61. The van der Waals surface area contributed by atoms with E-state index in [4.69, 9.17) is 5.73 Å². The molecule has 5 heteroatoms. The van der Waals surface area contributed by atoms with Gasteiger partial charge in [-0.05, 0) is 17.7 Å². The average molecular weight is 276 g/mol. The van der Waals surface area contributed by atoms with E-state index in [9.17, 15) is 13.6 Å². The van der Waals surface area contributed by atoms with E-state index in [1.165, 1.54) is 0 Å². The maximum atomic E-state index is 13.5. The number of nitrogens with two attached hydrogens (primary N) is 1. The van der Waals surface area contributed by atoms with Gasteiger partial charge < -0.3 is 11.1 Å². The fourth-order valence-corrected chi connectivity index (χ4v) is 1.89. The minimum atomic E-state index is -0.691. The van der Waals surface area contributed by atoms with Crippen LogP contribution < -0.4 is 11.1 Å². The van der Waals surface area contributed by atoms with Crippen molar-refractivity contribution in [1.29, 1.82) is 0 Å². The molecule has 0 aliphatic rings. The van der Waals surface area contributed by atoms with Gasteiger partial charge in [0.2, 0.25) is 5.91 Å². The molecule has 0 fully saturated rings. The van der Waals surface area contributed by atoms with Gasteiger partial charge >= 0.3 is 0 Å². The number of nitrogens with one attached hydrogen (secondary N) is 1. The molecule has 2 aromatic rings. The molecule has 20 heavy (non-hydrogen) atoms. The van der Waals surface area contributed by atoms with Crippen molar-refractivity contribution >= 4 is 11.6 Å². The SMILES string of the molecule is NCC(C(=O)Nc1cc(F)ccc1F)c1ccccc1. The molecule has 0 heterocycles. The van der Waals surface area contributed by atoms with Gasteiger partial charge in [-0.2, -0.15) is 0 Å². The lowest BCUT2D eigenvalue weighted by Crippen LogP contribution is -2.27. The summed E-state index contributed by atoms with van der Waals surface area (Å²) in [4.78, 5) is 12.1. The predicted octanol–water partition coefficient (Wildman–Crippen LogP) is 2.65. The molecule has 0 aliphatic carbocycles. The minimum absolute atomic E-state index is 0.0762. The Bertz CT molecular complexity index is 602. The molecule has 0 spiro atoms. The van der Waals surface area contributed by atoms with E-state index in [0.29, 0.717) is 0 Å². The monoisotopic (exact) mass is 276 g/mol. The van der Waals surface area contributed by atoms with Gasteiger partial charge in [0.25, 0.3) is 0 Å². The summed E-state index contributed by atoms with van der Waals surface area (Å²) in [5.41, 5.74) is 6.13. The third-order valence-corrected chi connectivity index (χ3v) is 2.94. The highest BCUT2D eigenvalue weighted by Crippen LogP contribution is 2.20. The van der Waals surface area contributed by atoms with E-state index >= 15 is 0 Å². The molecule has 2 rings (SSSR count). The minimum Gasteiger partial charge on any atom is -0.329 e. The van der Waals surface area contributed by atoms with E-state index in [1.807, 2.05) is 6.07 Å². The molecular formula is C15H14F2N2O. The van der Waals surface area contributed by atoms with E-state index < -0.39 is 23.5 Å². The summed E-state index contributed by atoms with van der Waals surface area (Å²) in [6.07, 6.45) is 0. The molecule has 0 radical (unpaired) electrons. The molecule has 0 saturated carbocycles. The standard InChI is InChI=1S/C15H14F2N2O/c16-11-6-7-13(17)14(8-11)19-15(20)12(9-18)10-4-2-1-3-5-10/h1-8,12H,9,18H2,(H,19,20). The fraction of sp³-hybridized carbons (Fsp3) is 0.133. The average Bonchev–Trinajstić information content (AvgIpc) is 2.45. The van der Waals surface area contributed by atoms with Crippen molar-refractivity contribution in [3.63, 3.8) is 0 Å². The summed E-state index contributed by atoms with van der Waals surface area (Å²) >= 11 is 0. The van der Waals surface area contributed by atoms with Crippen LogP contribution in [0.5, 0.6) is 0 Å². The lowest BCUT2D eigenvalue weighted by Gasteiger charge is -2.15. The first kappa shape index (κ1) is 14.1. The van der Waals surface area contributed by atoms with Crippen LogP contribution in [0.25, 0.3) is 0 Å². The lowest BCUT2D eigenvalue weighted by molar-refractivity contribution is -0.117. The largest absolute Gasteiger partial charge is 0.329 e. The van der Waals surface area contributed by atoms with Gasteiger partial charge in [-0.25, -0.2) is 8.78 Å². The summed E-state index contributed by atoms with van der Waals surface area (Å²) in [5.74, 6) is -2.39. The zero-order chi connectivity index (χ0) is 14.5. The second kappa shape index (κ2) is 6.25. The van der Waals surface area contributed by atoms with Crippen LogP contribution in [0.1, 0.15) is 11.5 Å². The van der Waals surface area contributed by atoms with Crippen LogP contribution in [0, 0.1) is 11.6 Å². The maximum absolute atomic E-state index is 13.5. The Hall–Kier alpha value is -2.27. The summed E-state index contributed by atoms with van der Waals surface area (Å²) in [6, 6.07) is 11.8. The third-order valence-electron chi connectivity index (χ3n) is 2.94. The second-order valence-electron chi connectivity index (χ2n) is 4.31. The third kappa shape index (κ3) is 3.19. The van der Waals surface area contributed by atoms with Gasteiger partial charge in [-0.15, -0.1) is 0 Å². The number of amides is 1. The van der Waals surface area contributed by atoms with Crippen LogP contribution in [0.15, 0.2) is 48.5 Å². The molecule has 1 atom stereocenters. The number of carbonyl (C=O) groups excluding carboxylic acids is 1. The second-order valence-corrected chi connectivity index (χ2v) is 4.31. The number of halogens is 2. The van der Waals surface area contributed by atoms with Crippen LogP contribution >= 0.6 is 0 Å². The quantitative estimate of drug-likeness (QED) is 0.902. The molecule has 1 unspecified atom stereocenters. The molecule has 0 saturated heterocycles. The number of benzene rings is 2. The normalized spacial score (nSPS) is 11.9. The van der Waals surface area contributed by atoms with E-state index in [1.54, 1.807) is 24.3 Å². The number of anilines is 1. The molecule has 3 nitrogen and oxygen atoms in total. The Morgan fingerprint density at radius 1 is 1.15 bits per heavy atom. The molecular weight excluding hydrogens is 262 g/mol. The van der Waals surface area contributed by atoms with Gasteiger partial charge in [0, 0.05) is 12.6 Å². The van der Waals surface area contributed by atoms with Crippen LogP contribution in [0.4, 0.5) is 14.5 Å². The van der Waals surface area contributed by atoms with Gasteiger partial charge in [0.15, 0.2) is 0 Å². The highest BCUT2D eigenvalue weighted by atomic mass is 19.1. The van der Waals surface area contributed by atoms with Crippen molar-refractivity contribution in [2.24, 2.45) is 5.73 Å². The Morgan fingerprint density at radius 2 is 1.85 bits per heavy atom. The zero-order valence-corrected chi connectivity index (χ0v) is 10.6. The first-order valence-corrected chi connectivity index (χ1v) is 6.12. The zero-order valence-electron chi connectivity index (χ0n) is 10.6. The van der Waals surface area contributed by atoms with E-state index in [2.05, 4.69) is 5.32 Å².